The Morgan fingerprint density at radius 2 is 1.46 bits per heavy atom. The Kier molecular flexibility index (Phi) is 6.24. The van der Waals surface area contributed by atoms with E-state index in [1.165, 1.54) is 49.7 Å². The van der Waals surface area contributed by atoms with E-state index in [-0.39, 0.29) is 0 Å². The van der Waals surface area contributed by atoms with Gasteiger partial charge in [0.15, 0.2) is 0 Å². The predicted molar refractivity (Wildman–Crippen MR) is 108 cm³/mol. The van der Waals surface area contributed by atoms with E-state index >= 15 is 0 Å². The molecule has 1 unspecified atom stereocenters. The molecule has 0 saturated heterocycles. The topological polar surface area (TPSA) is 40.5 Å². The predicted octanol–water partition coefficient (Wildman–Crippen LogP) is 6.83. The number of phenolic OH excluding ortho intramolecular Hbond substituents is 2. The summed E-state index contributed by atoms with van der Waals surface area (Å²) in [4.78, 5) is 0. The van der Waals surface area contributed by atoms with Crippen LogP contribution in [-0.4, -0.2) is 10.2 Å². The molecule has 0 bridgehead atoms. The van der Waals surface area contributed by atoms with Crippen LogP contribution in [0, 0.1) is 0 Å². The number of hydrogen-bond donors (Lipinski definition) is 2. The molecular formula is C24H32O2. The number of phenols is 2. The highest BCUT2D eigenvalue weighted by atomic mass is 16.3. The maximum atomic E-state index is 10.3. The van der Waals surface area contributed by atoms with Crippen molar-refractivity contribution in [2.45, 2.75) is 76.5 Å². The fourth-order valence-electron chi connectivity index (χ4n) is 4.39. The number of unbranched alkanes of at least 4 members (excludes halogenated alkanes) is 1. The third-order valence-corrected chi connectivity index (χ3v) is 6.14. The Balaban J connectivity index is 1.66. The summed E-state index contributed by atoms with van der Waals surface area (Å²) in [5.41, 5.74) is 3.86. The van der Waals surface area contributed by atoms with Crippen LogP contribution in [0.5, 0.6) is 11.5 Å². The van der Waals surface area contributed by atoms with Gasteiger partial charge in [0.05, 0.1) is 0 Å². The molecule has 0 amide bonds. The molecule has 1 fully saturated rings. The zero-order chi connectivity index (χ0) is 18.5. The average molecular weight is 353 g/mol. The first-order valence-corrected chi connectivity index (χ1v) is 10.2. The summed E-state index contributed by atoms with van der Waals surface area (Å²) in [6, 6.07) is 14.0. The lowest BCUT2D eigenvalue weighted by Crippen LogP contribution is -2.12. The van der Waals surface area contributed by atoms with E-state index in [9.17, 15) is 10.2 Å². The molecule has 2 heteroatoms. The third kappa shape index (κ3) is 4.41. The van der Waals surface area contributed by atoms with Crippen molar-refractivity contribution in [2.75, 3.05) is 0 Å². The van der Waals surface area contributed by atoms with E-state index in [4.69, 9.17) is 0 Å². The minimum atomic E-state index is 0.344. The summed E-state index contributed by atoms with van der Waals surface area (Å²) in [5, 5.41) is 19.8. The van der Waals surface area contributed by atoms with E-state index in [1.54, 1.807) is 12.1 Å². The van der Waals surface area contributed by atoms with E-state index in [2.05, 4.69) is 38.1 Å². The Hall–Kier alpha value is -1.96. The van der Waals surface area contributed by atoms with Crippen LogP contribution in [0.15, 0.2) is 42.5 Å². The van der Waals surface area contributed by atoms with Crippen LogP contribution in [0.4, 0.5) is 0 Å². The maximum absolute atomic E-state index is 10.3. The van der Waals surface area contributed by atoms with Crippen molar-refractivity contribution < 1.29 is 10.2 Å². The van der Waals surface area contributed by atoms with E-state index < -0.39 is 0 Å². The van der Waals surface area contributed by atoms with Crippen LogP contribution in [0.3, 0.4) is 0 Å². The summed E-state index contributed by atoms with van der Waals surface area (Å²) >= 11 is 0. The molecule has 0 spiro atoms. The first-order chi connectivity index (χ1) is 12.6. The van der Waals surface area contributed by atoms with Gasteiger partial charge in [-0.25, -0.2) is 0 Å². The molecule has 0 radical (unpaired) electrons. The number of benzene rings is 2. The van der Waals surface area contributed by atoms with Gasteiger partial charge in [0, 0.05) is 0 Å². The molecular weight excluding hydrogens is 320 g/mol. The van der Waals surface area contributed by atoms with Gasteiger partial charge in [-0.2, -0.15) is 0 Å². The molecule has 1 aliphatic carbocycles. The van der Waals surface area contributed by atoms with E-state index in [0.717, 1.165) is 12.0 Å². The van der Waals surface area contributed by atoms with Crippen molar-refractivity contribution in [2.24, 2.45) is 0 Å². The maximum Gasteiger partial charge on any atom is 0.119 e. The van der Waals surface area contributed by atoms with Gasteiger partial charge in [0.25, 0.3) is 0 Å². The molecule has 2 N–H and O–H groups in total. The molecule has 1 atom stereocenters. The summed E-state index contributed by atoms with van der Waals surface area (Å²) in [6.07, 6.45) is 8.32. The quantitative estimate of drug-likeness (QED) is 0.598. The molecule has 1 saturated carbocycles. The van der Waals surface area contributed by atoms with Gasteiger partial charge < -0.3 is 10.2 Å². The number of hydrogen-bond acceptors (Lipinski definition) is 2. The van der Waals surface area contributed by atoms with Crippen LogP contribution < -0.4 is 0 Å². The van der Waals surface area contributed by atoms with Gasteiger partial charge in [-0.05, 0) is 84.7 Å². The van der Waals surface area contributed by atoms with Crippen LogP contribution >= 0.6 is 0 Å². The highest BCUT2D eigenvalue weighted by Crippen LogP contribution is 2.42. The highest BCUT2D eigenvalue weighted by Gasteiger charge is 2.24. The highest BCUT2D eigenvalue weighted by molar-refractivity contribution is 5.40. The van der Waals surface area contributed by atoms with Crippen LogP contribution in [0.25, 0.3) is 0 Å². The lowest BCUT2D eigenvalue weighted by atomic mass is 9.75. The van der Waals surface area contributed by atoms with E-state index in [1.807, 2.05) is 6.07 Å². The van der Waals surface area contributed by atoms with Gasteiger partial charge in [-0.1, -0.05) is 51.0 Å². The van der Waals surface area contributed by atoms with Crippen molar-refractivity contribution in [1.82, 2.24) is 0 Å². The second-order valence-electron chi connectivity index (χ2n) is 8.00. The van der Waals surface area contributed by atoms with Crippen molar-refractivity contribution in [3.8, 4) is 11.5 Å². The smallest absolute Gasteiger partial charge is 0.119 e. The SMILES string of the molecule is CCCCC(C)c1cc(C2CCC(c3ccc(O)cc3)CC2)ccc1O. The van der Waals surface area contributed by atoms with Crippen molar-refractivity contribution in [1.29, 1.82) is 0 Å². The fourth-order valence-corrected chi connectivity index (χ4v) is 4.39. The first-order valence-electron chi connectivity index (χ1n) is 10.2. The van der Waals surface area contributed by atoms with Gasteiger partial charge in [0.2, 0.25) is 0 Å². The molecule has 2 aromatic carbocycles. The second-order valence-corrected chi connectivity index (χ2v) is 8.00. The zero-order valence-corrected chi connectivity index (χ0v) is 16.1. The molecule has 26 heavy (non-hydrogen) atoms. The van der Waals surface area contributed by atoms with Crippen LogP contribution in [0.1, 0.15) is 93.2 Å². The average Bonchev–Trinajstić information content (AvgIpc) is 2.67. The van der Waals surface area contributed by atoms with Crippen molar-refractivity contribution in [3.63, 3.8) is 0 Å². The second kappa shape index (κ2) is 8.62. The Morgan fingerprint density at radius 1 is 0.885 bits per heavy atom. The molecule has 2 nitrogen and oxygen atoms in total. The van der Waals surface area contributed by atoms with Gasteiger partial charge in [-0.15, -0.1) is 0 Å². The molecule has 1 aliphatic rings. The largest absolute Gasteiger partial charge is 0.508 e. The van der Waals surface area contributed by atoms with Crippen LogP contribution in [-0.2, 0) is 0 Å². The summed E-state index contributed by atoms with van der Waals surface area (Å²) < 4.78 is 0. The van der Waals surface area contributed by atoms with Crippen molar-refractivity contribution >= 4 is 0 Å². The molecule has 0 aromatic heterocycles. The minimum absolute atomic E-state index is 0.344. The van der Waals surface area contributed by atoms with E-state index in [0.29, 0.717) is 29.3 Å². The molecule has 3 rings (SSSR count). The van der Waals surface area contributed by atoms with Gasteiger partial charge in [0.1, 0.15) is 11.5 Å². The molecule has 140 valence electrons. The van der Waals surface area contributed by atoms with Crippen molar-refractivity contribution in [3.05, 3.63) is 59.2 Å². The normalized spacial score (nSPS) is 21.5. The zero-order valence-electron chi connectivity index (χ0n) is 16.1. The lowest BCUT2D eigenvalue weighted by Gasteiger charge is -2.29. The fraction of sp³-hybridized carbons (Fsp3) is 0.500. The molecule has 0 heterocycles. The Bertz CT molecular complexity index is 697. The Labute approximate surface area is 157 Å². The minimum Gasteiger partial charge on any atom is -0.508 e. The van der Waals surface area contributed by atoms with Gasteiger partial charge in [-0.3, -0.25) is 0 Å². The summed E-state index contributed by atoms with van der Waals surface area (Å²) in [7, 11) is 0. The lowest BCUT2D eigenvalue weighted by molar-refractivity contribution is 0.394. The number of rotatable bonds is 6. The third-order valence-electron chi connectivity index (χ3n) is 6.14. The first kappa shape index (κ1) is 18.8. The standard InChI is InChI=1S/C24H32O2/c1-3-4-5-17(2)23-16-21(12-15-24(23)26)20-8-6-18(7-9-20)19-10-13-22(25)14-11-19/h10-18,20,25-26H,3-9H2,1-2H3. The summed E-state index contributed by atoms with van der Waals surface area (Å²) in [6.45, 7) is 4.45. The number of aromatic hydroxyl groups is 2. The Morgan fingerprint density at radius 3 is 2.08 bits per heavy atom. The molecule has 0 aliphatic heterocycles. The van der Waals surface area contributed by atoms with Crippen LogP contribution in [0.2, 0.25) is 0 Å². The molecule has 2 aromatic rings. The monoisotopic (exact) mass is 352 g/mol. The van der Waals surface area contributed by atoms with Gasteiger partial charge >= 0.3 is 0 Å². The summed E-state index contributed by atoms with van der Waals surface area (Å²) in [5.74, 6) is 2.42.